The van der Waals surface area contributed by atoms with Crippen molar-refractivity contribution < 1.29 is 9.59 Å². The number of nitrogens with zero attached hydrogens (tertiary/aromatic N) is 3. The predicted molar refractivity (Wildman–Crippen MR) is 114 cm³/mol. The summed E-state index contributed by atoms with van der Waals surface area (Å²) < 4.78 is 1.79. The number of aryl methyl sites for hydroxylation is 1. The molecule has 0 bridgehead atoms. The van der Waals surface area contributed by atoms with E-state index in [1.54, 1.807) is 41.3 Å². The van der Waals surface area contributed by atoms with E-state index in [0.717, 1.165) is 18.7 Å². The molecule has 1 heterocycles. The SMILES string of the molecule is Cc1ccc(C(=O)Nc2cnn(CCN(C)C)c2)cc1NC(=O)c1ccccc1. The van der Waals surface area contributed by atoms with Crippen molar-refractivity contribution in [1.29, 1.82) is 0 Å². The summed E-state index contributed by atoms with van der Waals surface area (Å²) in [6.45, 7) is 3.48. The van der Waals surface area contributed by atoms with Gasteiger partial charge in [-0.15, -0.1) is 0 Å². The number of hydrogen-bond donors (Lipinski definition) is 2. The van der Waals surface area contributed by atoms with Gasteiger partial charge in [-0.1, -0.05) is 24.3 Å². The average molecular weight is 391 g/mol. The van der Waals surface area contributed by atoms with Crippen molar-refractivity contribution in [2.75, 3.05) is 31.3 Å². The molecule has 1 aromatic heterocycles. The van der Waals surface area contributed by atoms with Crippen molar-refractivity contribution in [2.45, 2.75) is 13.5 Å². The Labute approximate surface area is 170 Å². The smallest absolute Gasteiger partial charge is 0.255 e. The van der Waals surface area contributed by atoms with E-state index in [-0.39, 0.29) is 11.8 Å². The van der Waals surface area contributed by atoms with Crippen LogP contribution in [0.15, 0.2) is 60.9 Å². The van der Waals surface area contributed by atoms with Gasteiger partial charge in [0.1, 0.15) is 0 Å². The molecule has 2 aromatic carbocycles. The summed E-state index contributed by atoms with van der Waals surface area (Å²) in [4.78, 5) is 27.1. The van der Waals surface area contributed by atoms with E-state index < -0.39 is 0 Å². The molecule has 2 amide bonds. The third-order valence-electron chi connectivity index (χ3n) is 4.45. The lowest BCUT2D eigenvalue weighted by atomic mass is 10.1. The molecule has 0 aliphatic carbocycles. The molecule has 0 unspecified atom stereocenters. The molecule has 7 heteroatoms. The van der Waals surface area contributed by atoms with Gasteiger partial charge in [0.15, 0.2) is 0 Å². The largest absolute Gasteiger partial charge is 0.322 e. The van der Waals surface area contributed by atoms with Gasteiger partial charge < -0.3 is 15.5 Å². The zero-order valence-electron chi connectivity index (χ0n) is 16.8. The van der Waals surface area contributed by atoms with Crippen LogP contribution in [0.25, 0.3) is 0 Å². The fourth-order valence-corrected chi connectivity index (χ4v) is 2.74. The van der Waals surface area contributed by atoms with Gasteiger partial charge in [-0.05, 0) is 50.8 Å². The molecule has 3 aromatic rings. The van der Waals surface area contributed by atoms with E-state index in [1.165, 1.54) is 0 Å². The fraction of sp³-hybridized carbons (Fsp3) is 0.227. The molecule has 0 fully saturated rings. The second-order valence-electron chi connectivity index (χ2n) is 7.10. The van der Waals surface area contributed by atoms with Gasteiger partial charge in [-0.25, -0.2) is 0 Å². The molecule has 2 N–H and O–H groups in total. The van der Waals surface area contributed by atoms with Crippen LogP contribution in [0.3, 0.4) is 0 Å². The van der Waals surface area contributed by atoms with Crippen LogP contribution in [0, 0.1) is 6.92 Å². The van der Waals surface area contributed by atoms with Gasteiger partial charge in [-0.2, -0.15) is 5.10 Å². The van der Waals surface area contributed by atoms with Crippen molar-refractivity contribution in [1.82, 2.24) is 14.7 Å². The van der Waals surface area contributed by atoms with Gasteiger partial charge in [0.2, 0.25) is 0 Å². The monoisotopic (exact) mass is 391 g/mol. The molecule has 29 heavy (non-hydrogen) atoms. The van der Waals surface area contributed by atoms with Crippen LogP contribution in [0.1, 0.15) is 26.3 Å². The molecule has 3 rings (SSSR count). The Kier molecular flexibility index (Phi) is 6.41. The highest BCUT2D eigenvalue weighted by atomic mass is 16.2. The van der Waals surface area contributed by atoms with Crippen molar-refractivity contribution in [3.05, 3.63) is 77.6 Å². The Morgan fingerprint density at radius 1 is 1.00 bits per heavy atom. The van der Waals surface area contributed by atoms with E-state index in [9.17, 15) is 9.59 Å². The molecule has 0 saturated heterocycles. The average Bonchev–Trinajstić information content (AvgIpc) is 3.16. The molecule has 7 nitrogen and oxygen atoms in total. The van der Waals surface area contributed by atoms with Crippen LogP contribution in [-0.2, 0) is 6.54 Å². The third kappa shape index (κ3) is 5.52. The van der Waals surface area contributed by atoms with Gasteiger partial charge >= 0.3 is 0 Å². The summed E-state index contributed by atoms with van der Waals surface area (Å²) in [7, 11) is 4.00. The molecule has 150 valence electrons. The molecule has 0 radical (unpaired) electrons. The van der Waals surface area contributed by atoms with Gasteiger partial charge in [0.05, 0.1) is 18.4 Å². The number of nitrogens with one attached hydrogen (secondary N) is 2. The number of anilines is 2. The maximum atomic E-state index is 12.6. The van der Waals surface area contributed by atoms with Crippen LogP contribution in [0.4, 0.5) is 11.4 Å². The summed E-state index contributed by atoms with van der Waals surface area (Å²) in [5.41, 5.74) is 3.13. The Morgan fingerprint density at radius 3 is 2.45 bits per heavy atom. The minimum atomic E-state index is -0.257. The molecule has 0 spiro atoms. The number of likely N-dealkylation sites (N-methyl/N-ethyl adjacent to an activating group) is 1. The Morgan fingerprint density at radius 2 is 1.72 bits per heavy atom. The quantitative estimate of drug-likeness (QED) is 0.648. The Hall–Kier alpha value is -3.45. The van der Waals surface area contributed by atoms with E-state index in [2.05, 4.69) is 20.6 Å². The van der Waals surface area contributed by atoms with Crippen LogP contribution in [0.2, 0.25) is 0 Å². The van der Waals surface area contributed by atoms with Crippen LogP contribution >= 0.6 is 0 Å². The Bertz CT molecular complexity index is 995. The van der Waals surface area contributed by atoms with Crippen LogP contribution in [0.5, 0.6) is 0 Å². The predicted octanol–water partition coefficient (Wildman–Crippen LogP) is 3.26. The highest BCUT2D eigenvalue weighted by Crippen LogP contribution is 2.19. The number of carbonyl (C=O) groups excluding carboxylic acids is 2. The van der Waals surface area contributed by atoms with E-state index in [0.29, 0.717) is 22.5 Å². The van der Waals surface area contributed by atoms with Gasteiger partial charge in [-0.3, -0.25) is 14.3 Å². The number of benzene rings is 2. The maximum Gasteiger partial charge on any atom is 0.255 e. The minimum Gasteiger partial charge on any atom is -0.322 e. The first kappa shape index (κ1) is 20.3. The third-order valence-corrected chi connectivity index (χ3v) is 4.45. The molecule has 0 saturated carbocycles. The summed E-state index contributed by atoms with van der Waals surface area (Å²) in [5, 5.41) is 9.98. The zero-order valence-corrected chi connectivity index (χ0v) is 16.8. The second-order valence-corrected chi connectivity index (χ2v) is 7.10. The lowest BCUT2D eigenvalue weighted by molar-refractivity contribution is 0.101. The van der Waals surface area contributed by atoms with Gasteiger partial charge in [0.25, 0.3) is 11.8 Å². The van der Waals surface area contributed by atoms with Crippen molar-refractivity contribution in [2.24, 2.45) is 0 Å². The van der Waals surface area contributed by atoms with Crippen LogP contribution in [-0.4, -0.2) is 47.1 Å². The second kappa shape index (κ2) is 9.16. The maximum absolute atomic E-state index is 12.6. The molecular weight excluding hydrogens is 366 g/mol. The lowest BCUT2D eigenvalue weighted by Gasteiger charge is -2.11. The molecule has 0 aliphatic heterocycles. The summed E-state index contributed by atoms with van der Waals surface area (Å²) in [5.74, 6) is -0.471. The molecule has 0 atom stereocenters. The lowest BCUT2D eigenvalue weighted by Crippen LogP contribution is -2.18. The number of aromatic nitrogens is 2. The zero-order chi connectivity index (χ0) is 20.8. The van der Waals surface area contributed by atoms with E-state index in [1.807, 2.05) is 45.3 Å². The van der Waals surface area contributed by atoms with Crippen LogP contribution < -0.4 is 10.6 Å². The van der Waals surface area contributed by atoms with Gasteiger partial charge in [0, 0.05) is 29.6 Å². The van der Waals surface area contributed by atoms with Crippen molar-refractivity contribution in [3.8, 4) is 0 Å². The normalized spacial score (nSPS) is 10.8. The standard InChI is InChI=1S/C22H25N5O2/c1-16-9-10-18(13-20(16)25-21(28)17-7-5-4-6-8-17)22(29)24-19-14-23-27(15-19)12-11-26(2)3/h4-10,13-15H,11-12H2,1-3H3,(H,24,29)(H,25,28). The number of amides is 2. The number of rotatable bonds is 7. The van der Waals surface area contributed by atoms with E-state index in [4.69, 9.17) is 0 Å². The Balaban J connectivity index is 1.68. The topological polar surface area (TPSA) is 79.3 Å². The summed E-state index contributed by atoms with van der Waals surface area (Å²) in [6.07, 6.45) is 3.42. The first-order valence-electron chi connectivity index (χ1n) is 9.38. The number of carbonyl (C=O) groups is 2. The molecular formula is C22H25N5O2. The fourth-order valence-electron chi connectivity index (χ4n) is 2.74. The highest BCUT2D eigenvalue weighted by molar-refractivity contribution is 6.07. The summed E-state index contributed by atoms with van der Waals surface area (Å²) in [6, 6.07) is 14.2. The summed E-state index contributed by atoms with van der Waals surface area (Å²) >= 11 is 0. The first-order valence-corrected chi connectivity index (χ1v) is 9.38. The van der Waals surface area contributed by atoms with Crippen molar-refractivity contribution in [3.63, 3.8) is 0 Å². The first-order chi connectivity index (χ1) is 13.9. The molecule has 0 aliphatic rings. The highest BCUT2D eigenvalue weighted by Gasteiger charge is 2.12. The van der Waals surface area contributed by atoms with E-state index >= 15 is 0 Å². The van der Waals surface area contributed by atoms with Crippen molar-refractivity contribution >= 4 is 23.2 Å². The number of hydrogen-bond acceptors (Lipinski definition) is 4. The minimum absolute atomic E-state index is 0.214.